The van der Waals surface area contributed by atoms with E-state index < -0.39 is 0 Å². The lowest BCUT2D eigenvalue weighted by Gasteiger charge is -2.30. The number of alkyl halides is 1. The Morgan fingerprint density at radius 1 is 1.62 bits per heavy atom. The molecular weight excluding hydrogens is 224 g/mol. The summed E-state index contributed by atoms with van der Waals surface area (Å²) in [5, 5.41) is 0.0923. The summed E-state index contributed by atoms with van der Waals surface area (Å²) in [5.41, 5.74) is 1.47. The molecule has 0 aliphatic carbocycles. The maximum Gasteiger partial charge on any atom is 0.255 e. The molecule has 1 unspecified atom stereocenters. The van der Waals surface area contributed by atoms with Gasteiger partial charge < -0.3 is 4.90 Å². The molecule has 1 aliphatic rings. The Kier molecular flexibility index (Phi) is 3.44. The van der Waals surface area contributed by atoms with Crippen molar-refractivity contribution in [1.29, 1.82) is 0 Å². The summed E-state index contributed by atoms with van der Waals surface area (Å²) in [6.45, 7) is 3.31. The van der Waals surface area contributed by atoms with Crippen molar-refractivity contribution in [1.82, 2.24) is 9.88 Å². The van der Waals surface area contributed by atoms with Gasteiger partial charge >= 0.3 is 0 Å². The number of carbonyl (C=O) groups is 1. The van der Waals surface area contributed by atoms with Gasteiger partial charge in [-0.05, 0) is 31.9 Å². The third-order valence-corrected chi connectivity index (χ3v) is 3.24. The van der Waals surface area contributed by atoms with Crippen LogP contribution in [-0.2, 0) is 0 Å². The number of rotatable bonds is 1. The van der Waals surface area contributed by atoms with E-state index in [0.717, 1.165) is 25.1 Å². The molecule has 0 saturated carbocycles. The topological polar surface area (TPSA) is 33.2 Å². The predicted molar refractivity (Wildman–Crippen MR) is 63.8 cm³/mol. The number of hydrogen-bond donors (Lipinski definition) is 0. The highest BCUT2D eigenvalue weighted by molar-refractivity contribution is 6.21. The van der Waals surface area contributed by atoms with Crippen LogP contribution >= 0.6 is 11.6 Å². The van der Waals surface area contributed by atoms with Crippen LogP contribution < -0.4 is 0 Å². The first kappa shape index (κ1) is 11.4. The zero-order valence-electron chi connectivity index (χ0n) is 9.32. The van der Waals surface area contributed by atoms with E-state index in [1.807, 2.05) is 17.9 Å². The van der Waals surface area contributed by atoms with E-state index >= 15 is 0 Å². The van der Waals surface area contributed by atoms with Crippen LogP contribution in [0.15, 0.2) is 18.3 Å². The summed E-state index contributed by atoms with van der Waals surface area (Å²) in [4.78, 5) is 18.2. The summed E-state index contributed by atoms with van der Waals surface area (Å²) in [5.74, 6) is 0.0518. The number of piperidine rings is 1. The number of nitrogens with zero attached hydrogens (tertiary/aromatic N) is 2. The molecule has 0 N–H and O–H groups in total. The van der Waals surface area contributed by atoms with E-state index in [1.165, 1.54) is 0 Å². The number of halogens is 1. The van der Waals surface area contributed by atoms with Gasteiger partial charge in [-0.3, -0.25) is 9.78 Å². The van der Waals surface area contributed by atoms with Crippen LogP contribution in [0.5, 0.6) is 0 Å². The molecule has 1 atom stereocenters. The molecule has 16 heavy (non-hydrogen) atoms. The van der Waals surface area contributed by atoms with Gasteiger partial charge in [-0.2, -0.15) is 0 Å². The smallest absolute Gasteiger partial charge is 0.255 e. The van der Waals surface area contributed by atoms with Gasteiger partial charge in [-0.15, -0.1) is 11.6 Å². The highest BCUT2D eigenvalue weighted by atomic mass is 35.5. The molecule has 2 heterocycles. The fourth-order valence-corrected chi connectivity index (χ4v) is 2.31. The molecule has 3 nitrogen and oxygen atoms in total. The average Bonchev–Trinajstić information content (AvgIpc) is 2.29. The van der Waals surface area contributed by atoms with Crippen LogP contribution in [0.4, 0.5) is 0 Å². The lowest BCUT2D eigenvalue weighted by Crippen LogP contribution is -2.40. The van der Waals surface area contributed by atoms with Crippen LogP contribution in [-0.4, -0.2) is 34.3 Å². The summed E-state index contributed by atoms with van der Waals surface area (Å²) in [7, 11) is 0. The molecule has 1 aromatic rings. The molecule has 0 bridgehead atoms. The van der Waals surface area contributed by atoms with Crippen LogP contribution in [0.1, 0.15) is 28.9 Å². The van der Waals surface area contributed by atoms with Gasteiger partial charge in [0.15, 0.2) is 0 Å². The van der Waals surface area contributed by atoms with Crippen molar-refractivity contribution < 1.29 is 4.79 Å². The normalized spacial score (nSPS) is 20.9. The zero-order valence-corrected chi connectivity index (χ0v) is 10.1. The molecular formula is C12H15ClN2O. The minimum absolute atomic E-state index is 0.0518. The minimum atomic E-state index is 0.0518. The van der Waals surface area contributed by atoms with E-state index in [4.69, 9.17) is 11.6 Å². The Bertz CT molecular complexity index is 394. The van der Waals surface area contributed by atoms with Gasteiger partial charge in [0.25, 0.3) is 5.91 Å². The standard InChI is InChI=1S/C12H15ClN2O/c1-9-11(5-2-6-14-9)12(16)15-7-3-4-10(13)8-15/h2,5-6,10H,3-4,7-8H2,1H3. The molecule has 0 radical (unpaired) electrons. The fourth-order valence-electron chi connectivity index (χ4n) is 1.99. The first-order valence-corrected chi connectivity index (χ1v) is 5.97. The molecule has 0 spiro atoms. The van der Waals surface area contributed by atoms with Gasteiger partial charge in [-0.1, -0.05) is 0 Å². The number of pyridine rings is 1. The van der Waals surface area contributed by atoms with Crippen molar-refractivity contribution in [2.75, 3.05) is 13.1 Å². The van der Waals surface area contributed by atoms with Crippen molar-refractivity contribution >= 4 is 17.5 Å². The van der Waals surface area contributed by atoms with Gasteiger partial charge in [0.05, 0.1) is 10.9 Å². The second kappa shape index (κ2) is 4.83. The molecule has 4 heteroatoms. The second-order valence-electron chi connectivity index (χ2n) is 4.13. The minimum Gasteiger partial charge on any atom is -0.337 e. The second-order valence-corrected chi connectivity index (χ2v) is 4.74. The third-order valence-electron chi connectivity index (χ3n) is 2.89. The zero-order chi connectivity index (χ0) is 11.5. The van der Waals surface area contributed by atoms with E-state index in [0.29, 0.717) is 12.1 Å². The molecule has 1 fully saturated rings. The first-order valence-electron chi connectivity index (χ1n) is 5.53. The highest BCUT2D eigenvalue weighted by Crippen LogP contribution is 2.18. The maximum absolute atomic E-state index is 12.2. The summed E-state index contributed by atoms with van der Waals surface area (Å²) >= 11 is 6.07. The fraction of sp³-hybridized carbons (Fsp3) is 0.500. The van der Waals surface area contributed by atoms with Gasteiger partial charge in [0.1, 0.15) is 0 Å². The number of carbonyl (C=O) groups excluding carboxylic acids is 1. The Hall–Kier alpha value is -1.09. The monoisotopic (exact) mass is 238 g/mol. The van der Waals surface area contributed by atoms with Crippen LogP contribution in [0.25, 0.3) is 0 Å². The lowest BCUT2D eigenvalue weighted by atomic mass is 10.1. The van der Waals surface area contributed by atoms with Crippen LogP contribution in [0, 0.1) is 6.92 Å². The van der Waals surface area contributed by atoms with Gasteiger partial charge in [0, 0.05) is 25.0 Å². The SMILES string of the molecule is Cc1ncccc1C(=O)N1CCCC(Cl)C1. The Morgan fingerprint density at radius 3 is 3.12 bits per heavy atom. The lowest BCUT2D eigenvalue weighted by molar-refractivity contribution is 0.0726. The van der Waals surface area contributed by atoms with Crippen molar-refractivity contribution in [3.05, 3.63) is 29.6 Å². The quantitative estimate of drug-likeness (QED) is 0.703. The van der Waals surface area contributed by atoms with Crippen molar-refractivity contribution in [2.45, 2.75) is 25.1 Å². The molecule has 0 aromatic carbocycles. The number of hydrogen-bond acceptors (Lipinski definition) is 2. The molecule has 2 rings (SSSR count). The first-order chi connectivity index (χ1) is 7.68. The summed E-state index contributed by atoms with van der Waals surface area (Å²) in [6, 6.07) is 3.62. The number of aromatic nitrogens is 1. The Morgan fingerprint density at radius 2 is 2.44 bits per heavy atom. The van der Waals surface area contributed by atoms with E-state index in [-0.39, 0.29) is 11.3 Å². The van der Waals surface area contributed by atoms with Crippen LogP contribution in [0.3, 0.4) is 0 Å². The molecule has 1 saturated heterocycles. The number of aryl methyl sites for hydroxylation is 1. The van der Waals surface area contributed by atoms with Crippen molar-refractivity contribution in [3.8, 4) is 0 Å². The molecule has 1 aromatic heterocycles. The largest absolute Gasteiger partial charge is 0.337 e. The van der Waals surface area contributed by atoms with Gasteiger partial charge in [0.2, 0.25) is 0 Å². The van der Waals surface area contributed by atoms with E-state index in [2.05, 4.69) is 4.98 Å². The molecule has 1 amide bonds. The van der Waals surface area contributed by atoms with Crippen molar-refractivity contribution in [2.24, 2.45) is 0 Å². The molecule has 1 aliphatic heterocycles. The Balaban J connectivity index is 2.16. The van der Waals surface area contributed by atoms with E-state index in [9.17, 15) is 4.79 Å². The van der Waals surface area contributed by atoms with Gasteiger partial charge in [-0.25, -0.2) is 0 Å². The number of amides is 1. The summed E-state index contributed by atoms with van der Waals surface area (Å²) in [6.07, 6.45) is 3.68. The third kappa shape index (κ3) is 2.35. The predicted octanol–water partition coefficient (Wildman–Crippen LogP) is 2.23. The van der Waals surface area contributed by atoms with Crippen LogP contribution in [0.2, 0.25) is 0 Å². The van der Waals surface area contributed by atoms with Crippen molar-refractivity contribution in [3.63, 3.8) is 0 Å². The highest BCUT2D eigenvalue weighted by Gasteiger charge is 2.23. The number of likely N-dealkylation sites (tertiary alicyclic amines) is 1. The molecule has 86 valence electrons. The Labute approximate surface area is 100 Å². The van der Waals surface area contributed by atoms with E-state index in [1.54, 1.807) is 12.3 Å². The maximum atomic E-state index is 12.2. The average molecular weight is 239 g/mol. The summed E-state index contributed by atoms with van der Waals surface area (Å²) < 4.78 is 0.